The summed E-state index contributed by atoms with van der Waals surface area (Å²) in [7, 11) is 0. The highest BCUT2D eigenvalue weighted by Gasteiger charge is 2.40. The van der Waals surface area contributed by atoms with Crippen LogP contribution >= 0.6 is 22.9 Å². The zero-order valence-corrected chi connectivity index (χ0v) is 19.2. The van der Waals surface area contributed by atoms with Crippen molar-refractivity contribution in [3.05, 3.63) is 69.3 Å². The van der Waals surface area contributed by atoms with Gasteiger partial charge < -0.3 is 11.1 Å². The Kier molecular flexibility index (Phi) is 8.28. The summed E-state index contributed by atoms with van der Waals surface area (Å²) in [5.41, 5.74) is 4.88. The Morgan fingerprint density at radius 2 is 2.00 bits per heavy atom. The number of nitrogens with zero attached hydrogens (tertiary/aromatic N) is 3. The minimum Gasteiger partial charge on any atom is -0.405 e. The summed E-state index contributed by atoms with van der Waals surface area (Å²) in [4.78, 5) is 22.0. The van der Waals surface area contributed by atoms with Crippen molar-refractivity contribution in [1.29, 1.82) is 0 Å². The van der Waals surface area contributed by atoms with E-state index in [4.69, 9.17) is 17.3 Å². The van der Waals surface area contributed by atoms with Crippen LogP contribution < -0.4 is 11.1 Å². The molecule has 1 unspecified atom stereocenters. The van der Waals surface area contributed by atoms with Crippen LogP contribution in [0.5, 0.6) is 0 Å². The number of alkyl halides is 3. The summed E-state index contributed by atoms with van der Waals surface area (Å²) in [5.74, 6) is -0.845. The minimum absolute atomic E-state index is 0.00115. The highest BCUT2D eigenvalue weighted by Crippen LogP contribution is 2.36. The predicted octanol–water partition coefficient (Wildman–Crippen LogP) is 4.90. The molecule has 1 aromatic heterocycles. The molecule has 0 aliphatic carbocycles. The average Bonchev–Trinajstić information content (AvgIpc) is 3.45. The molecule has 33 heavy (non-hydrogen) atoms. The van der Waals surface area contributed by atoms with Crippen molar-refractivity contribution >= 4 is 40.8 Å². The second kappa shape index (κ2) is 11.0. The molecule has 6 nitrogen and oxygen atoms in total. The number of halogens is 4. The first-order chi connectivity index (χ1) is 15.7. The monoisotopic (exact) mass is 497 g/mol. The lowest BCUT2D eigenvalue weighted by Gasteiger charge is -2.28. The van der Waals surface area contributed by atoms with Gasteiger partial charge in [-0.05, 0) is 55.9 Å². The zero-order valence-electron chi connectivity index (χ0n) is 17.6. The third-order valence-corrected chi connectivity index (χ3v) is 6.42. The molecule has 1 amide bonds. The maximum atomic E-state index is 13.6. The first-order valence-corrected chi connectivity index (χ1v) is 11.4. The van der Waals surface area contributed by atoms with E-state index in [2.05, 4.69) is 26.8 Å². The predicted molar refractivity (Wildman–Crippen MR) is 125 cm³/mol. The molecule has 1 atom stereocenters. The fourth-order valence-corrected chi connectivity index (χ4v) is 4.54. The normalized spacial score (nSPS) is 16.0. The number of allylic oxidation sites excluding steroid dienone is 1. The molecule has 1 saturated heterocycles. The van der Waals surface area contributed by atoms with Gasteiger partial charge in [-0.25, -0.2) is 4.98 Å². The largest absolute Gasteiger partial charge is 0.435 e. The molecule has 0 bridgehead atoms. The van der Waals surface area contributed by atoms with Crippen molar-refractivity contribution < 1.29 is 18.0 Å². The zero-order chi connectivity index (χ0) is 24.0. The van der Waals surface area contributed by atoms with Gasteiger partial charge in [0.15, 0.2) is 5.69 Å². The molecule has 1 aliphatic heterocycles. The van der Waals surface area contributed by atoms with Crippen LogP contribution in [0.1, 0.15) is 44.8 Å². The van der Waals surface area contributed by atoms with E-state index in [9.17, 15) is 18.0 Å². The van der Waals surface area contributed by atoms with Gasteiger partial charge in [0.05, 0.1) is 11.7 Å². The summed E-state index contributed by atoms with van der Waals surface area (Å²) < 4.78 is 40.8. The van der Waals surface area contributed by atoms with Crippen molar-refractivity contribution in [1.82, 2.24) is 15.2 Å². The number of aliphatic imine (C=N–C) groups is 1. The highest BCUT2D eigenvalue weighted by atomic mass is 35.5. The quantitative estimate of drug-likeness (QED) is 0.508. The third-order valence-electron chi connectivity index (χ3n) is 5.07. The Balaban J connectivity index is 1.82. The standard InChI is InChI=1S/C22H23ClF3N5OS/c1-14(28-10-4-9-27)21-30-19(22(24,25)26)18(33-21)20(32)29-13-17(31-11-2-3-12-31)15-5-7-16(23)8-6-15/h4-10,17H,1-3,11-13,27H2,(H,29,32)/b9-4-,28-10?. The number of hydrogen-bond acceptors (Lipinski definition) is 6. The summed E-state index contributed by atoms with van der Waals surface area (Å²) in [6.07, 6.45) is 1.14. The smallest absolute Gasteiger partial charge is 0.405 e. The van der Waals surface area contributed by atoms with Gasteiger partial charge in [0, 0.05) is 17.8 Å². The van der Waals surface area contributed by atoms with Gasteiger partial charge in [-0.2, -0.15) is 13.2 Å². The number of hydrogen-bond donors (Lipinski definition) is 2. The molecule has 3 N–H and O–H groups in total. The molecule has 1 aromatic carbocycles. The van der Waals surface area contributed by atoms with E-state index in [0.717, 1.165) is 31.5 Å². The Bertz CT molecular complexity index is 1040. The maximum absolute atomic E-state index is 13.6. The van der Waals surface area contributed by atoms with Crippen molar-refractivity contribution in [2.75, 3.05) is 19.6 Å². The highest BCUT2D eigenvalue weighted by molar-refractivity contribution is 7.14. The Labute approximate surface area is 198 Å². The number of aromatic nitrogens is 1. The molecule has 0 saturated carbocycles. The number of likely N-dealkylation sites (tertiary alicyclic amines) is 1. The van der Waals surface area contributed by atoms with Gasteiger partial charge in [0.2, 0.25) is 0 Å². The van der Waals surface area contributed by atoms with E-state index < -0.39 is 22.7 Å². The molecular weight excluding hydrogens is 475 g/mol. The lowest BCUT2D eigenvalue weighted by molar-refractivity contribution is -0.141. The van der Waals surface area contributed by atoms with Crippen LogP contribution in [0.15, 0.2) is 48.1 Å². The Morgan fingerprint density at radius 1 is 1.33 bits per heavy atom. The van der Waals surface area contributed by atoms with Gasteiger partial charge in [-0.1, -0.05) is 30.3 Å². The number of nitrogens with two attached hydrogens (primary N) is 1. The van der Waals surface area contributed by atoms with Gasteiger partial charge in [-0.3, -0.25) is 14.7 Å². The van der Waals surface area contributed by atoms with E-state index in [0.29, 0.717) is 16.4 Å². The second-order valence-corrected chi connectivity index (χ2v) is 8.76. The van der Waals surface area contributed by atoms with E-state index in [1.54, 1.807) is 12.1 Å². The van der Waals surface area contributed by atoms with Crippen LogP contribution in [0.25, 0.3) is 5.70 Å². The van der Waals surface area contributed by atoms with Crippen LogP contribution in [-0.2, 0) is 6.18 Å². The Hall–Kier alpha value is -2.69. The van der Waals surface area contributed by atoms with Crippen LogP contribution in [0.2, 0.25) is 5.02 Å². The van der Waals surface area contributed by atoms with Crippen molar-refractivity contribution in [3.8, 4) is 0 Å². The Morgan fingerprint density at radius 3 is 2.61 bits per heavy atom. The summed E-state index contributed by atoms with van der Waals surface area (Å²) in [6.45, 7) is 5.46. The fraction of sp³-hybridized carbons (Fsp3) is 0.318. The third kappa shape index (κ3) is 6.43. The van der Waals surface area contributed by atoms with Crippen LogP contribution in [-0.4, -0.2) is 41.6 Å². The molecule has 11 heteroatoms. The number of rotatable bonds is 8. The SMILES string of the molecule is C=C(N=C/C=C\N)c1nc(C(F)(F)F)c(C(=O)NCC(c2ccc(Cl)cc2)N2CCCC2)s1. The van der Waals surface area contributed by atoms with Crippen molar-refractivity contribution in [2.45, 2.75) is 25.1 Å². The number of carbonyl (C=O) groups excluding carboxylic acids is 1. The first-order valence-electron chi connectivity index (χ1n) is 10.2. The molecular formula is C22H23ClF3N5OS. The molecule has 176 valence electrons. The first kappa shape index (κ1) is 24.9. The summed E-state index contributed by atoms with van der Waals surface area (Å²) >= 11 is 6.59. The number of nitrogens with one attached hydrogen (secondary N) is 1. The van der Waals surface area contributed by atoms with Crippen molar-refractivity contribution in [3.63, 3.8) is 0 Å². The van der Waals surface area contributed by atoms with E-state index in [1.165, 1.54) is 18.5 Å². The number of amides is 1. The van der Waals surface area contributed by atoms with Gasteiger partial charge in [0.25, 0.3) is 5.91 Å². The molecule has 2 aromatic rings. The van der Waals surface area contributed by atoms with E-state index in [1.807, 2.05) is 12.1 Å². The number of thiazole rings is 1. The van der Waals surface area contributed by atoms with Gasteiger partial charge in [0.1, 0.15) is 9.88 Å². The minimum atomic E-state index is -4.80. The van der Waals surface area contributed by atoms with E-state index >= 15 is 0 Å². The van der Waals surface area contributed by atoms with E-state index in [-0.39, 0.29) is 23.3 Å². The molecule has 2 heterocycles. The molecule has 0 radical (unpaired) electrons. The van der Waals surface area contributed by atoms with Crippen LogP contribution in [0.4, 0.5) is 13.2 Å². The number of benzene rings is 1. The lowest BCUT2D eigenvalue weighted by atomic mass is 10.1. The topological polar surface area (TPSA) is 83.6 Å². The fourth-order valence-electron chi connectivity index (χ4n) is 3.49. The second-order valence-electron chi connectivity index (χ2n) is 7.32. The van der Waals surface area contributed by atoms with Crippen molar-refractivity contribution in [2.24, 2.45) is 10.7 Å². The molecule has 0 spiro atoms. The lowest BCUT2D eigenvalue weighted by Crippen LogP contribution is -2.37. The molecule has 3 rings (SSSR count). The maximum Gasteiger partial charge on any atom is 0.435 e. The average molecular weight is 498 g/mol. The number of carbonyl (C=O) groups is 1. The van der Waals surface area contributed by atoms with Crippen LogP contribution in [0.3, 0.4) is 0 Å². The van der Waals surface area contributed by atoms with Crippen LogP contribution in [0, 0.1) is 0 Å². The summed E-state index contributed by atoms with van der Waals surface area (Å²) in [5, 5.41) is 3.16. The van der Waals surface area contributed by atoms with Gasteiger partial charge >= 0.3 is 6.18 Å². The van der Waals surface area contributed by atoms with Gasteiger partial charge in [-0.15, -0.1) is 11.3 Å². The molecule has 1 fully saturated rings. The summed E-state index contributed by atoms with van der Waals surface area (Å²) in [6, 6.07) is 7.05. The molecule has 1 aliphatic rings.